The molecule has 0 radical (unpaired) electrons. The lowest BCUT2D eigenvalue weighted by Crippen LogP contribution is -2.61. The lowest BCUT2D eigenvalue weighted by Gasteiger charge is -2.46. The van der Waals surface area contributed by atoms with Crippen LogP contribution >= 0.6 is 0 Å². The van der Waals surface area contributed by atoms with Crippen molar-refractivity contribution in [2.75, 3.05) is 25.4 Å². The van der Waals surface area contributed by atoms with Crippen molar-refractivity contribution in [3.8, 4) is 0 Å². The van der Waals surface area contributed by atoms with Gasteiger partial charge in [0.2, 0.25) is 0 Å². The summed E-state index contributed by atoms with van der Waals surface area (Å²) in [6.45, 7) is 4.00. The van der Waals surface area contributed by atoms with E-state index in [0.717, 1.165) is 38.2 Å². The SMILES string of the molecule is CCN=C(NC1CCC1)N1CCS(=O)(=O)C2(CCCCC2)C1. The molecular formula is C16H29N3O2S. The number of nitrogens with zero attached hydrogens (tertiary/aromatic N) is 2. The molecule has 0 bridgehead atoms. The number of rotatable bonds is 2. The standard InChI is InChI=1S/C16H29N3O2S/c1-2-17-15(18-14-7-6-8-14)19-11-12-22(20,21)16(13-19)9-4-3-5-10-16/h14H,2-13H2,1H3,(H,17,18). The minimum atomic E-state index is -2.97. The van der Waals surface area contributed by atoms with Gasteiger partial charge in [-0.2, -0.15) is 0 Å². The molecular weight excluding hydrogens is 298 g/mol. The van der Waals surface area contributed by atoms with E-state index in [-0.39, 0.29) is 5.75 Å². The van der Waals surface area contributed by atoms with Crippen LogP contribution < -0.4 is 5.32 Å². The fourth-order valence-corrected chi connectivity index (χ4v) is 6.10. The fraction of sp³-hybridized carbons (Fsp3) is 0.938. The maximum Gasteiger partial charge on any atom is 0.194 e. The van der Waals surface area contributed by atoms with Crippen LogP contribution in [0.25, 0.3) is 0 Å². The third-order valence-electron chi connectivity index (χ3n) is 5.58. The summed E-state index contributed by atoms with van der Waals surface area (Å²) in [6, 6.07) is 0.533. The van der Waals surface area contributed by atoms with Crippen molar-refractivity contribution in [3.05, 3.63) is 0 Å². The first-order valence-corrected chi connectivity index (χ1v) is 10.5. The maximum absolute atomic E-state index is 12.7. The van der Waals surface area contributed by atoms with Gasteiger partial charge in [-0.05, 0) is 39.0 Å². The minimum absolute atomic E-state index is 0.280. The largest absolute Gasteiger partial charge is 0.354 e. The second-order valence-electron chi connectivity index (χ2n) is 7.05. The molecule has 3 aliphatic rings. The summed E-state index contributed by atoms with van der Waals surface area (Å²) in [5, 5.41) is 3.55. The van der Waals surface area contributed by atoms with Gasteiger partial charge in [-0.1, -0.05) is 19.3 Å². The Morgan fingerprint density at radius 3 is 2.55 bits per heavy atom. The van der Waals surface area contributed by atoms with Crippen LogP contribution in [0.15, 0.2) is 4.99 Å². The summed E-state index contributed by atoms with van der Waals surface area (Å²) in [5.74, 6) is 1.22. The average molecular weight is 327 g/mol. The van der Waals surface area contributed by atoms with Crippen LogP contribution in [0.5, 0.6) is 0 Å². The summed E-state index contributed by atoms with van der Waals surface area (Å²) >= 11 is 0. The van der Waals surface area contributed by atoms with E-state index in [1.807, 2.05) is 6.92 Å². The first-order valence-electron chi connectivity index (χ1n) is 8.84. The Morgan fingerprint density at radius 2 is 1.95 bits per heavy atom. The first-order chi connectivity index (χ1) is 10.6. The van der Waals surface area contributed by atoms with Crippen LogP contribution in [0.2, 0.25) is 0 Å². The van der Waals surface area contributed by atoms with Crippen molar-refractivity contribution in [3.63, 3.8) is 0 Å². The molecule has 6 heteroatoms. The monoisotopic (exact) mass is 327 g/mol. The molecule has 0 unspecified atom stereocenters. The Bertz CT molecular complexity index is 520. The van der Waals surface area contributed by atoms with E-state index >= 15 is 0 Å². The lowest BCUT2D eigenvalue weighted by molar-refractivity contribution is 0.266. The molecule has 1 N–H and O–H groups in total. The molecule has 0 atom stereocenters. The van der Waals surface area contributed by atoms with E-state index in [4.69, 9.17) is 0 Å². The molecule has 3 rings (SSSR count). The number of sulfone groups is 1. The molecule has 2 aliphatic carbocycles. The number of guanidine groups is 1. The van der Waals surface area contributed by atoms with Gasteiger partial charge in [0.25, 0.3) is 0 Å². The van der Waals surface area contributed by atoms with Crippen LogP contribution in [-0.4, -0.2) is 55.5 Å². The van der Waals surface area contributed by atoms with E-state index in [0.29, 0.717) is 19.1 Å². The van der Waals surface area contributed by atoms with Gasteiger partial charge in [0.05, 0.1) is 10.5 Å². The molecule has 1 aliphatic heterocycles. The summed E-state index contributed by atoms with van der Waals surface area (Å²) in [6.07, 6.45) is 8.62. The number of hydrogen-bond acceptors (Lipinski definition) is 3. The highest BCUT2D eigenvalue weighted by molar-refractivity contribution is 7.92. The van der Waals surface area contributed by atoms with Crippen LogP contribution in [0.1, 0.15) is 58.3 Å². The normalized spacial score (nSPS) is 28.4. The highest BCUT2D eigenvalue weighted by atomic mass is 32.2. The van der Waals surface area contributed by atoms with E-state index in [9.17, 15) is 8.42 Å². The molecule has 22 heavy (non-hydrogen) atoms. The Morgan fingerprint density at radius 1 is 1.23 bits per heavy atom. The number of aliphatic imine (C=N–C) groups is 1. The predicted molar refractivity (Wildman–Crippen MR) is 89.9 cm³/mol. The topological polar surface area (TPSA) is 61.8 Å². The summed E-state index contributed by atoms with van der Waals surface area (Å²) in [5.41, 5.74) is 0. The lowest BCUT2D eigenvalue weighted by atomic mass is 9.87. The van der Waals surface area contributed by atoms with Crippen LogP contribution in [0.3, 0.4) is 0 Å². The van der Waals surface area contributed by atoms with Crippen molar-refractivity contribution in [2.45, 2.75) is 69.1 Å². The smallest absolute Gasteiger partial charge is 0.194 e. The van der Waals surface area contributed by atoms with Crippen molar-refractivity contribution < 1.29 is 8.42 Å². The van der Waals surface area contributed by atoms with Crippen molar-refractivity contribution in [2.24, 2.45) is 4.99 Å². The first kappa shape index (κ1) is 16.1. The van der Waals surface area contributed by atoms with E-state index in [1.165, 1.54) is 25.7 Å². The summed E-state index contributed by atoms with van der Waals surface area (Å²) < 4.78 is 24.9. The van der Waals surface area contributed by atoms with Crippen molar-refractivity contribution in [1.29, 1.82) is 0 Å². The Balaban J connectivity index is 1.77. The van der Waals surface area contributed by atoms with Crippen molar-refractivity contribution in [1.82, 2.24) is 10.2 Å². The third-order valence-corrected chi connectivity index (χ3v) is 8.16. The molecule has 5 nitrogen and oxygen atoms in total. The number of hydrogen-bond donors (Lipinski definition) is 1. The van der Waals surface area contributed by atoms with Crippen molar-refractivity contribution >= 4 is 15.8 Å². The number of nitrogens with one attached hydrogen (secondary N) is 1. The second-order valence-corrected chi connectivity index (χ2v) is 9.56. The van der Waals surface area contributed by atoms with Gasteiger partial charge in [0.1, 0.15) is 0 Å². The zero-order chi connectivity index (χ0) is 15.6. The molecule has 1 saturated heterocycles. The molecule has 3 fully saturated rings. The van der Waals surface area contributed by atoms with Gasteiger partial charge in [-0.3, -0.25) is 4.99 Å². The molecule has 0 aromatic heterocycles. The van der Waals surface area contributed by atoms with Gasteiger partial charge in [-0.25, -0.2) is 8.42 Å². The molecule has 0 aromatic rings. The quantitative estimate of drug-likeness (QED) is 0.622. The maximum atomic E-state index is 12.7. The minimum Gasteiger partial charge on any atom is -0.354 e. The van der Waals surface area contributed by atoms with E-state index in [1.54, 1.807) is 0 Å². The highest BCUT2D eigenvalue weighted by Crippen LogP contribution is 2.38. The van der Waals surface area contributed by atoms with Gasteiger partial charge >= 0.3 is 0 Å². The van der Waals surface area contributed by atoms with Crippen LogP contribution in [0.4, 0.5) is 0 Å². The van der Waals surface area contributed by atoms with Crippen LogP contribution in [0, 0.1) is 0 Å². The predicted octanol–water partition coefficient (Wildman–Crippen LogP) is 1.94. The summed E-state index contributed by atoms with van der Waals surface area (Å²) in [7, 11) is -2.97. The highest BCUT2D eigenvalue weighted by Gasteiger charge is 2.48. The Hall–Kier alpha value is -0.780. The molecule has 0 aromatic carbocycles. The summed E-state index contributed by atoms with van der Waals surface area (Å²) in [4.78, 5) is 6.85. The van der Waals surface area contributed by atoms with Crippen LogP contribution in [-0.2, 0) is 9.84 Å². The van der Waals surface area contributed by atoms with Gasteiger partial charge < -0.3 is 10.2 Å². The third kappa shape index (κ3) is 2.99. The van der Waals surface area contributed by atoms with E-state index in [2.05, 4.69) is 15.2 Å². The zero-order valence-electron chi connectivity index (χ0n) is 13.7. The molecule has 1 spiro atoms. The van der Waals surface area contributed by atoms with Gasteiger partial charge in [0, 0.05) is 25.7 Å². The van der Waals surface area contributed by atoms with Gasteiger partial charge in [0.15, 0.2) is 15.8 Å². The van der Waals surface area contributed by atoms with Gasteiger partial charge in [-0.15, -0.1) is 0 Å². The average Bonchev–Trinajstić information content (AvgIpc) is 2.46. The zero-order valence-corrected chi connectivity index (χ0v) is 14.5. The molecule has 0 amide bonds. The molecule has 2 saturated carbocycles. The Labute approximate surface area is 134 Å². The second kappa shape index (κ2) is 6.38. The molecule has 1 heterocycles. The Kier molecular flexibility index (Phi) is 4.67. The molecule has 126 valence electrons. The van der Waals surface area contributed by atoms with E-state index < -0.39 is 14.6 Å². The fourth-order valence-electron chi connectivity index (χ4n) is 3.94.